The van der Waals surface area contributed by atoms with Crippen LogP contribution in [0, 0.1) is 10.1 Å². The highest BCUT2D eigenvalue weighted by molar-refractivity contribution is 6.13. The average molecular weight is 419 g/mol. The molecular formula is C20H17N7O4. The molecule has 0 bridgehead atoms. The standard InChI is InChI=1S/C20H17N7O4/c1-12(26-11-21-10-23-26)19(28)24-13-2-4-14(5-3-13)25-20(29)17-9-22-18-7-6-15(27(30)31)8-16(17)18/h2-12,22H,1H3,(H,24,28)(H,25,29). The zero-order valence-corrected chi connectivity index (χ0v) is 16.3. The van der Waals surface area contributed by atoms with Crippen molar-refractivity contribution < 1.29 is 14.5 Å². The van der Waals surface area contributed by atoms with E-state index in [9.17, 15) is 19.7 Å². The van der Waals surface area contributed by atoms with Crippen molar-refractivity contribution in [2.24, 2.45) is 0 Å². The van der Waals surface area contributed by atoms with Crippen LogP contribution in [-0.2, 0) is 4.79 Å². The number of benzene rings is 2. The Bertz CT molecular complexity index is 1260. The zero-order valence-electron chi connectivity index (χ0n) is 16.3. The Balaban J connectivity index is 1.45. The molecule has 4 aromatic rings. The minimum absolute atomic E-state index is 0.0960. The van der Waals surface area contributed by atoms with Gasteiger partial charge < -0.3 is 15.6 Å². The van der Waals surface area contributed by atoms with E-state index in [1.165, 1.54) is 35.7 Å². The number of rotatable bonds is 6. The van der Waals surface area contributed by atoms with E-state index in [2.05, 4.69) is 25.7 Å². The number of hydrogen-bond donors (Lipinski definition) is 3. The number of carbonyl (C=O) groups is 2. The Kier molecular flexibility index (Phi) is 5.14. The predicted octanol–water partition coefficient (Wildman–Crippen LogP) is 3.12. The summed E-state index contributed by atoms with van der Waals surface area (Å²) in [4.78, 5) is 42.2. The number of aromatic nitrogens is 4. The number of nitro benzene ring substituents is 1. The summed E-state index contributed by atoms with van der Waals surface area (Å²) in [6.07, 6.45) is 4.32. The maximum atomic E-state index is 12.7. The normalized spacial score (nSPS) is 11.8. The molecule has 11 heteroatoms. The van der Waals surface area contributed by atoms with Crippen molar-refractivity contribution in [2.75, 3.05) is 10.6 Å². The molecule has 2 heterocycles. The molecule has 2 aromatic heterocycles. The van der Waals surface area contributed by atoms with Gasteiger partial charge in [-0.1, -0.05) is 0 Å². The molecule has 0 saturated heterocycles. The van der Waals surface area contributed by atoms with Crippen molar-refractivity contribution in [2.45, 2.75) is 13.0 Å². The number of fused-ring (bicyclic) bond motifs is 1. The number of non-ortho nitro benzene ring substituents is 1. The van der Waals surface area contributed by atoms with E-state index in [4.69, 9.17) is 0 Å². The summed E-state index contributed by atoms with van der Waals surface area (Å²) in [5, 5.41) is 20.9. The monoisotopic (exact) mass is 419 g/mol. The van der Waals surface area contributed by atoms with Gasteiger partial charge in [-0.25, -0.2) is 9.67 Å². The highest BCUT2D eigenvalue weighted by atomic mass is 16.6. The average Bonchev–Trinajstić information content (AvgIpc) is 3.44. The predicted molar refractivity (Wildman–Crippen MR) is 113 cm³/mol. The smallest absolute Gasteiger partial charge is 0.270 e. The molecule has 0 aliphatic heterocycles. The fourth-order valence-electron chi connectivity index (χ4n) is 3.03. The number of amides is 2. The first-order valence-electron chi connectivity index (χ1n) is 9.24. The lowest BCUT2D eigenvalue weighted by atomic mass is 10.1. The second-order valence-corrected chi connectivity index (χ2v) is 6.76. The van der Waals surface area contributed by atoms with Crippen molar-refractivity contribution >= 4 is 39.8 Å². The SMILES string of the molecule is CC(C(=O)Nc1ccc(NC(=O)c2c[nH]c3ccc([N+](=O)[O-])cc23)cc1)n1cncn1. The van der Waals surface area contributed by atoms with Crippen molar-refractivity contribution in [3.05, 3.63) is 77.0 Å². The number of nitrogens with one attached hydrogen (secondary N) is 3. The summed E-state index contributed by atoms with van der Waals surface area (Å²) in [6, 6.07) is 10.3. The number of H-pyrrole nitrogens is 1. The molecule has 1 unspecified atom stereocenters. The third-order valence-electron chi connectivity index (χ3n) is 4.74. The molecule has 0 saturated carbocycles. The van der Waals surface area contributed by atoms with Gasteiger partial charge in [-0.3, -0.25) is 19.7 Å². The molecule has 11 nitrogen and oxygen atoms in total. The molecule has 0 radical (unpaired) electrons. The van der Waals surface area contributed by atoms with E-state index < -0.39 is 16.9 Å². The maximum absolute atomic E-state index is 12.7. The first-order chi connectivity index (χ1) is 14.9. The van der Waals surface area contributed by atoms with Gasteiger partial charge in [0.15, 0.2) is 0 Å². The highest BCUT2D eigenvalue weighted by Gasteiger charge is 2.17. The maximum Gasteiger partial charge on any atom is 0.270 e. The topological polar surface area (TPSA) is 148 Å². The van der Waals surface area contributed by atoms with Crippen LogP contribution in [0.4, 0.5) is 17.1 Å². The summed E-state index contributed by atoms with van der Waals surface area (Å²) < 4.78 is 1.44. The molecule has 0 aliphatic carbocycles. The van der Waals surface area contributed by atoms with Gasteiger partial charge in [0.05, 0.1) is 10.5 Å². The van der Waals surface area contributed by atoms with E-state index in [0.29, 0.717) is 22.3 Å². The molecule has 2 aromatic carbocycles. The van der Waals surface area contributed by atoms with Crippen LogP contribution in [0.25, 0.3) is 10.9 Å². The van der Waals surface area contributed by atoms with E-state index >= 15 is 0 Å². The van der Waals surface area contributed by atoms with Gasteiger partial charge in [-0.2, -0.15) is 5.10 Å². The third-order valence-corrected chi connectivity index (χ3v) is 4.74. The van der Waals surface area contributed by atoms with Crippen LogP contribution in [0.1, 0.15) is 23.3 Å². The zero-order chi connectivity index (χ0) is 22.0. The van der Waals surface area contributed by atoms with E-state index in [0.717, 1.165) is 0 Å². The number of hydrogen-bond acceptors (Lipinski definition) is 6. The number of carbonyl (C=O) groups excluding carboxylic acids is 2. The first-order valence-corrected chi connectivity index (χ1v) is 9.24. The van der Waals surface area contributed by atoms with Crippen LogP contribution in [0.15, 0.2) is 61.3 Å². The Morgan fingerprint density at radius 1 is 1.13 bits per heavy atom. The van der Waals surface area contributed by atoms with Crippen LogP contribution in [-0.4, -0.2) is 36.5 Å². The summed E-state index contributed by atoms with van der Waals surface area (Å²) in [7, 11) is 0. The first kappa shape index (κ1) is 19.8. The molecule has 0 aliphatic rings. The van der Waals surface area contributed by atoms with Crippen LogP contribution < -0.4 is 10.6 Å². The minimum atomic E-state index is -0.534. The Labute approximate surface area is 175 Å². The van der Waals surface area contributed by atoms with Crippen LogP contribution >= 0.6 is 0 Å². The van der Waals surface area contributed by atoms with Crippen LogP contribution in [0.5, 0.6) is 0 Å². The Morgan fingerprint density at radius 2 is 1.84 bits per heavy atom. The van der Waals surface area contributed by atoms with Gasteiger partial charge >= 0.3 is 0 Å². The summed E-state index contributed by atoms with van der Waals surface area (Å²) in [5.41, 5.74) is 1.87. The minimum Gasteiger partial charge on any atom is -0.360 e. The molecule has 4 rings (SSSR count). The molecule has 1 atom stereocenters. The Hall–Kier alpha value is -4.54. The van der Waals surface area contributed by atoms with Crippen molar-refractivity contribution in [1.29, 1.82) is 0 Å². The molecule has 156 valence electrons. The van der Waals surface area contributed by atoms with Gasteiger partial charge in [-0.15, -0.1) is 0 Å². The molecule has 0 spiro atoms. The summed E-state index contributed by atoms with van der Waals surface area (Å²) in [6.45, 7) is 1.70. The largest absolute Gasteiger partial charge is 0.360 e. The number of anilines is 2. The van der Waals surface area contributed by atoms with Crippen LogP contribution in [0.3, 0.4) is 0 Å². The summed E-state index contributed by atoms with van der Waals surface area (Å²) in [5.74, 6) is -0.675. The lowest BCUT2D eigenvalue weighted by Crippen LogP contribution is -2.24. The van der Waals surface area contributed by atoms with E-state index in [1.807, 2.05) is 0 Å². The van der Waals surface area contributed by atoms with E-state index in [1.54, 1.807) is 37.3 Å². The van der Waals surface area contributed by atoms with Gasteiger partial charge in [0.25, 0.3) is 11.6 Å². The third kappa shape index (κ3) is 4.10. The van der Waals surface area contributed by atoms with Gasteiger partial charge in [-0.05, 0) is 37.3 Å². The Morgan fingerprint density at radius 3 is 2.48 bits per heavy atom. The highest BCUT2D eigenvalue weighted by Crippen LogP contribution is 2.25. The molecular weight excluding hydrogens is 402 g/mol. The molecule has 3 N–H and O–H groups in total. The van der Waals surface area contributed by atoms with Gasteiger partial charge in [0.1, 0.15) is 18.7 Å². The fourth-order valence-corrected chi connectivity index (χ4v) is 3.03. The molecule has 2 amide bonds. The van der Waals surface area contributed by atoms with E-state index in [-0.39, 0.29) is 17.2 Å². The van der Waals surface area contributed by atoms with Gasteiger partial charge in [0.2, 0.25) is 5.91 Å². The van der Waals surface area contributed by atoms with Crippen LogP contribution in [0.2, 0.25) is 0 Å². The number of nitrogens with zero attached hydrogens (tertiary/aromatic N) is 4. The molecule has 31 heavy (non-hydrogen) atoms. The van der Waals surface area contributed by atoms with Crippen molar-refractivity contribution in [1.82, 2.24) is 19.7 Å². The van der Waals surface area contributed by atoms with Crippen molar-refractivity contribution in [3.63, 3.8) is 0 Å². The lowest BCUT2D eigenvalue weighted by Gasteiger charge is -2.12. The number of nitro groups is 1. The summed E-state index contributed by atoms with van der Waals surface area (Å²) >= 11 is 0. The quantitative estimate of drug-likeness (QED) is 0.323. The molecule has 0 fully saturated rings. The number of aromatic amines is 1. The van der Waals surface area contributed by atoms with Gasteiger partial charge in [0, 0.05) is 40.6 Å². The lowest BCUT2D eigenvalue weighted by molar-refractivity contribution is -0.384. The fraction of sp³-hybridized carbons (Fsp3) is 0.100. The van der Waals surface area contributed by atoms with Crippen molar-refractivity contribution in [3.8, 4) is 0 Å². The second-order valence-electron chi connectivity index (χ2n) is 6.76. The second kappa shape index (κ2) is 8.06.